The largest absolute Gasteiger partial charge is 0.314 e. The number of piperidine rings is 1. The minimum atomic E-state index is -3.27. The number of nitrogens with zero attached hydrogens (tertiary/aromatic N) is 2. The summed E-state index contributed by atoms with van der Waals surface area (Å²) in [7, 11) is -3.27. The molecule has 5 nitrogen and oxygen atoms in total. The number of rotatable bonds is 7. The highest BCUT2D eigenvalue weighted by molar-refractivity contribution is 7.86. The van der Waals surface area contributed by atoms with Gasteiger partial charge in [-0.25, -0.2) is 0 Å². The van der Waals surface area contributed by atoms with E-state index in [4.69, 9.17) is 0 Å². The Kier molecular flexibility index (Phi) is 6.73. The van der Waals surface area contributed by atoms with Crippen LogP contribution in [0.4, 0.5) is 0 Å². The van der Waals surface area contributed by atoms with Crippen molar-refractivity contribution in [1.29, 1.82) is 0 Å². The number of nitrogens with one attached hydrogen (secondary N) is 1. The average molecular weight is 291 g/mol. The van der Waals surface area contributed by atoms with Crippen LogP contribution < -0.4 is 5.32 Å². The van der Waals surface area contributed by atoms with Crippen molar-refractivity contribution in [2.75, 3.05) is 32.7 Å². The Morgan fingerprint density at radius 3 is 2.47 bits per heavy atom. The molecule has 0 aliphatic carbocycles. The molecule has 0 bridgehead atoms. The topological polar surface area (TPSA) is 52.7 Å². The predicted molar refractivity (Wildman–Crippen MR) is 79.3 cm³/mol. The van der Waals surface area contributed by atoms with Crippen LogP contribution in [0.15, 0.2) is 0 Å². The summed E-state index contributed by atoms with van der Waals surface area (Å²) in [5, 5.41) is 3.41. The van der Waals surface area contributed by atoms with Crippen LogP contribution in [0, 0.1) is 5.92 Å². The predicted octanol–water partition coefficient (Wildman–Crippen LogP) is 1.28. The number of hydrogen-bond donors (Lipinski definition) is 1. The van der Waals surface area contributed by atoms with Crippen LogP contribution in [-0.4, -0.2) is 55.8 Å². The van der Waals surface area contributed by atoms with Gasteiger partial charge in [0.25, 0.3) is 10.2 Å². The van der Waals surface area contributed by atoms with Gasteiger partial charge in [0, 0.05) is 32.2 Å². The van der Waals surface area contributed by atoms with Gasteiger partial charge in [-0.1, -0.05) is 20.8 Å². The maximum Gasteiger partial charge on any atom is 0.281 e. The molecule has 1 heterocycles. The molecule has 1 saturated heterocycles. The first kappa shape index (κ1) is 16.9. The van der Waals surface area contributed by atoms with Crippen molar-refractivity contribution in [1.82, 2.24) is 13.9 Å². The lowest BCUT2D eigenvalue weighted by molar-refractivity contribution is 0.214. The Balaban J connectivity index is 2.73. The molecule has 0 aromatic rings. The molecule has 0 saturated carbocycles. The van der Waals surface area contributed by atoms with Crippen molar-refractivity contribution in [3.8, 4) is 0 Å². The van der Waals surface area contributed by atoms with Crippen LogP contribution >= 0.6 is 0 Å². The Bertz CT molecular complexity index is 355. The van der Waals surface area contributed by atoms with Gasteiger partial charge in [-0.05, 0) is 32.2 Å². The lowest BCUT2D eigenvalue weighted by Crippen LogP contribution is -2.51. The third-order valence-electron chi connectivity index (χ3n) is 4.01. The molecule has 0 aromatic heterocycles. The molecule has 1 aliphatic heterocycles. The van der Waals surface area contributed by atoms with E-state index in [2.05, 4.69) is 19.2 Å². The molecule has 19 heavy (non-hydrogen) atoms. The van der Waals surface area contributed by atoms with Crippen LogP contribution in [0.5, 0.6) is 0 Å². The van der Waals surface area contributed by atoms with Gasteiger partial charge in [-0.15, -0.1) is 0 Å². The Hall–Kier alpha value is -0.170. The van der Waals surface area contributed by atoms with Gasteiger partial charge in [0.05, 0.1) is 0 Å². The van der Waals surface area contributed by atoms with Gasteiger partial charge in [0.15, 0.2) is 0 Å². The maximum atomic E-state index is 12.5. The van der Waals surface area contributed by atoms with Crippen LogP contribution in [0.25, 0.3) is 0 Å². The molecule has 0 aromatic carbocycles. The number of hydrogen-bond acceptors (Lipinski definition) is 3. The molecule has 2 unspecified atom stereocenters. The van der Waals surface area contributed by atoms with Crippen LogP contribution in [0.3, 0.4) is 0 Å². The molecule has 1 aliphatic rings. The normalized spacial score (nSPS) is 23.7. The van der Waals surface area contributed by atoms with Gasteiger partial charge < -0.3 is 5.32 Å². The quantitative estimate of drug-likeness (QED) is 0.769. The minimum Gasteiger partial charge on any atom is -0.314 e. The molecule has 114 valence electrons. The van der Waals surface area contributed by atoms with E-state index < -0.39 is 10.2 Å². The summed E-state index contributed by atoms with van der Waals surface area (Å²) in [4.78, 5) is 0. The summed E-state index contributed by atoms with van der Waals surface area (Å²) in [6, 6.07) is 0.375. The van der Waals surface area contributed by atoms with Crippen molar-refractivity contribution >= 4 is 10.2 Å². The van der Waals surface area contributed by atoms with Gasteiger partial charge in [-0.3, -0.25) is 0 Å². The summed E-state index contributed by atoms with van der Waals surface area (Å²) in [5.41, 5.74) is 0. The van der Waals surface area contributed by atoms with E-state index in [9.17, 15) is 8.42 Å². The molecular formula is C13H29N3O2S. The van der Waals surface area contributed by atoms with E-state index in [0.717, 1.165) is 19.4 Å². The van der Waals surface area contributed by atoms with Gasteiger partial charge in [0.2, 0.25) is 0 Å². The van der Waals surface area contributed by atoms with Crippen molar-refractivity contribution in [2.45, 2.75) is 46.6 Å². The SMILES string of the molecule is CCNC(C)C1CCCN(S(=O)(=O)N(CC)CC)C1. The third-order valence-corrected chi connectivity index (χ3v) is 6.16. The standard InChI is InChI=1S/C13H29N3O2S/c1-5-14-12(4)13-9-8-10-16(11-13)19(17,18)15(6-2)7-3/h12-14H,5-11H2,1-4H3. The molecule has 0 amide bonds. The van der Waals surface area contributed by atoms with Crippen LogP contribution in [-0.2, 0) is 10.2 Å². The van der Waals surface area contributed by atoms with E-state index in [0.29, 0.717) is 38.1 Å². The zero-order valence-electron chi connectivity index (χ0n) is 12.7. The highest BCUT2D eigenvalue weighted by Gasteiger charge is 2.33. The van der Waals surface area contributed by atoms with Crippen molar-refractivity contribution in [2.24, 2.45) is 5.92 Å². The highest BCUT2D eigenvalue weighted by atomic mass is 32.2. The van der Waals surface area contributed by atoms with E-state index in [1.807, 2.05) is 13.8 Å². The molecule has 6 heteroatoms. The fourth-order valence-electron chi connectivity index (χ4n) is 2.79. The second kappa shape index (κ2) is 7.57. The maximum absolute atomic E-state index is 12.5. The summed E-state index contributed by atoms with van der Waals surface area (Å²) in [6.45, 7) is 11.4. The van der Waals surface area contributed by atoms with E-state index in [-0.39, 0.29) is 0 Å². The summed E-state index contributed by atoms with van der Waals surface area (Å²) >= 11 is 0. The Morgan fingerprint density at radius 1 is 1.32 bits per heavy atom. The fourth-order valence-corrected chi connectivity index (χ4v) is 4.51. The smallest absolute Gasteiger partial charge is 0.281 e. The van der Waals surface area contributed by atoms with Gasteiger partial charge in [0.1, 0.15) is 0 Å². The van der Waals surface area contributed by atoms with Gasteiger partial charge >= 0.3 is 0 Å². The summed E-state index contributed by atoms with van der Waals surface area (Å²) in [6.07, 6.45) is 2.07. The zero-order chi connectivity index (χ0) is 14.5. The Labute approximate surface area is 118 Å². The van der Waals surface area contributed by atoms with Crippen molar-refractivity contribution < 1.29 is 8.42 Å². The average Bonchev–Trinajstić information content (AvgIpc) is 2.40. The summed E-state index contributed by atoms with van der Waals surface area (Å²) < 4.78 is 28.2. The molecule has 1 N–H and O–H groups in total. The lowest BCUT2D eigenvalue weighted by atomic mass is 9.93. The molecule has 0 spiro atoms. The first-order chi connectivity index (χ1) is 8.97. The highest BCUT2D eigenvalue weighted by Crippen LogP contribution is 2.23. The van der Waals surface area contributed by atoms with E-state index in [1.54, 1.807) is 8.61 Å². The monoisotopic (exact) mass is 291 g/mol. The van der Waals surface area contributed by atoms with Gasteiger partial charge in [-0.2, -0.15) is 17.0 Å². The fraction of sp³-hybridized carbons (Fsp3) is 1.00. The second-order valence-electron chi connectivity index (χ2n) is 5.20. The molecular weight excluding hydrogens is 262 g/mol. The van der Waals surface area contributed by atoms with Crippen molar-refractivity contribution in [3.05, 3.63) is 0 Å². The molecule has 1 fully saturated rings. The summed E-state index contributed by atoms with van der Waals surface area (Å²) in [5.74, 6) is 0.416. The van der Waals surface area contributed by atoms with Crippen molar-refractivity contribution in [3.63, 3.8) is 0 Å². The first-order valence-electron chi connectivity index (χ1n) is 7.45. The molecule has 2 atom stereocenters. The third kappa shape index (κ3) is 4.15. The van der Waals surface area contributed by atoms with E-state index in [1.165, 1.54) is 0 Å². The zero-order valence-corrected chi connectivity index (χ0v) is 13.5. The van der Waals surface area contributed by atoms with Crippen LogP contribution in [0.1, 0.15) is 40.5 Å². The lowest BCUT2D eigenvalue weighted by Gasteiger charge is -2.37. The first-order valence-corrected chi connectivity index (χ1v) is 8.85. The Morgan fingerprint density at radius 2 is 1.95 bits per heavy atom. The van der Waals surface area contributed by atoms with Crippen LogP contribution in [0.2, 0.25) is 0 Å². The van der Waals surface area contributed by atoms with E-state index >= 15 is 0 Å². The molecule has 0 radical (unpaired) electrons. The second-order valence-corrected chi connectivity index (χ2v) is 7.13. The molecule has 1 rings (SSSR count). The minimum absolute atomic E-state index is 0.375.